The Kier molecular flexibility index (Phi) is 4.10. The Hall–Kier alpha value is -1.57. The van der Waals surface area contributed by atoms with Gasteiger partial charge in [0.2, 0.25) is 0 Å². The van der Waals surface area contributed by atoms with E-state index in [1.165, 1.54) is 19.4 Å². The Morgan fingerprint density at radius 3 is 3.07 bits per heavy atom. The average molecular weight is 226 g/mol. The molecule has 0 saturated carbocycles. The second-order valence-corrected chi connectivity index (χ2v) is 2.87. The zero-order chi connectivity index (χ0) is 11.3. The van der Waals surface area contributed by atoms with Crippen LogP contribution in [-0.2, 0) is 4.74 Å². The Labute approximate surface area is 91.8 Å². The Morgan fingerprint density at radius 2 is 2.47 bits per heavy atom. The van der Waals surface area contributed by atoms with Crippen molar-refractivity contribution < 1.29 is 14.6 Å². The maximum Gasteiger partial charge on any atom is 0.339 e. The van der Waals surface area contributed by atoms with Crippen LogP contribution in [0.4, 0.5) is 0 Å². The van der Waals surface area contributed by atoms with Crippen molar-refractivity contribution in [2.24, 2.45) is 0 Å². The first-order chi connectivity index (χ1) is 7.19. The lowest BCUT2D eigenvalue weighted by molar-refractivity contribution is 0.0600. The molecule has 0 bridgehead atoms. The van der Waals surface area contributed by atoms with Crippen molar-refractivity contribution in [3.63, 3.8) is 0 Å². The van der Waals surface area contributed by atoms with E-state index in [-0.39, 0.29) is 17.3 Å². The van der Waals surface area contributed by atoms with Crippen LogP contribution in [0.1, 0.15) is 15.9 Å². The molecule has 0 aliphatic carbocycles. The highest BCUT2D eigenvalue weighted by molar-refractivity contribution is 6.30. The van der Waals surface area contributed by atoms with Gasteiger partial charge in [-0.1, -0.05) is 23.4 Å². The van der Waals surface area contributed by atoms with E-state index < -0.39 is 5.97 Å². The number of carbonyl (C=O) groups excluding carboxylic acids is 1. The molecule has 5 heteroatoms. The molecule has 1 rings (SSSR count). The van der Waals surface area contributed by atoms with Crippen molar-refractivity contribution in [1.29, 1.82) is 0 Å². The molecule has 0 saturated heterocycles. The summed E-state index contributed by atoms with van der Waals surface area (Å²) in [5.74, 6) is 4.49. The largest absolute Gasteiger partial charge is 0.465 e. The number of ether oxygens (including phenoxy) is 1. The number of hydrogen-bond donors (Lipinski definition) is 1. The summed E-state index contributed by atoms with van der Waals surface area (Å²) in [5, 5.41) is 8.70. The summed E-state index contributed by atoms with van der Waals surface area (Å²) >= 11 is 5.73. The molecular formula is C10H8ClNO3. The van der Waals surface area contributed by atoms with Crippen LogP contribution in [-0.4, -0.2) is 29.8 Å². The molecule has 1 aromatic heterocycles. The molecule has 0 spiro atoms. The molecule has 15 heavy (non-hydrogen) atoms. The molecule has 1 heterocycles. The normalized spacial score (nSPS) is 9.00. The van der Waals surface area contributed by atoms with E-state index in [0.717, 1.165) is 0 Å². The second-order valence-electron chi connectivity index (χ2n) is 2.51. The third-order valence-electron chi connectivity index (χ3n) is 1.56. The van der Waals surface area contributed by atoms with Crippen LogP contribution in [0, 0.1) is 11.8 Å². The smallest absolute Gasteiger partial charge is 0.339 e. The molecule has 0 radical (unpaired) electrons. The number of carbonyl (C=O) groups is 1. The van der Waals surface area contributed by atoms with Gasteiger partial charge in [-0.15, -0.1) is 0 Å². The summed E-state index contributed by atoms with van der Waals surface area (Å²) in [5.41, 5.74) is 0.651. The van der Waals surface area contributed by atoms with Crippen LogP contribution in [0.3, 0.4) is 0 Å². The minimum atomic E-state index is -0.508. The van der Waals surface area contributed by atoms with Gasteiger partial charge in [-0.2, -0.15) is 0 Å². The number of pyridine rings is 1. The maximum absolute atomic E-state index is 11.1. The topological polar surface area (TPSA) is 59.4 Å². The number of nitrogens with zero attached hydrogens (tertiary/aromatic N) is 1. The van der Waals surface area contributed by atoms with Gasteiger partial charge in [0.1, 0.15) is 11.8 Å². The molecule has 0 atom stereocenters. The number of aliphatic hydroxyl groups excluding tert-OH is 1. The van der Waals surface area contributed by atoms with Crippen LogP contribution in [0.2, 0.25) is 5.15 Å². The molecule has 1 N–H and O–H groups in total. The van der Waals surface area contributed by atoms with Gasteiger partial charge in [0.15, 0.2) is 0 Å². The Balaban J connectivity index is 3.10. The highest BCUT2D eigenvalue weighted by Crippen LogP contribution is 2.13. The van der Waals surface area contributed by atoms with Crippen LogP contribution in [0.15, 0.2) is 12.3 Å². The zero-order valence-electron chi connectivity index (χ0n) is 7.95. The van der Waals surface area contributed by atoms with Crippen LogP contribution in [0.25, 0.3) is 0 Å². The van der Waals surface area contributed by atoms with Crippen LogP contribution >= 0.6 is 11.6 Å². The van der Waals surface area contributed by atoms with Gasteiger partial charge < -0.3 is 9.84 Å². The molecule has 78 valence electrons. The van der Waals surface area contributed by atoms with Crippen molar-refractivity contribution in [1.82, 2.24) is 4.98 Å². The van der Waals surface area contributed by atoms with Crippen molar-refractivity contribution in [3.05, 3.63) is 28.5 Å². The zero-order valence-corrected chi connectivity index (χ0v) is 8.71. The quantitative estimate of drug-likeness (QED) is 0.438. The van der Waals surface area contributed by atoms with Crippen LogP contribution < -0.4 is 0 Å². The highest BCUT2D eigenvalue weighted by atomic mass is 35.5. The molecule has 0 fully saturated rings. The summed E-state index contributed by atoms with van der Waals surface area (Å²) in [6, 6.07) is 1.46. The number of hydrogen-bond acceptors (Lipinski definition) is 4. The number of rotatable bonds is 1. The second kappa shape index (κ2) is 5.35. The van der Waals surface area contributed by atoms with Gasteiger partial charge in [-0.3, -0.25) is 0 Å². The number of aliphatic hydroxyl groups is 1. The van der Waals surface area contributed by atoms with Gasteiger partial charge in [0.05, 0.1) is 18.2 Å². The fraction of sp³-hybridized carbons (Fsp3) is 0.200. The third-order valence-corrected chi connectivity index (χ3v) is 1.86. The van der Waals surface area contributed by atoms with Crippen molar-refractivity contribution in [2.45, 2.75) is 0 Å². The molecule has 0 unspecified atom stereocenters. The van der Waals surface area contributed by atoms with Crippen molar-refractivity contribution in [3.8, 4) is 11.8 Å². The van der Waals surface area contributed by atoms with E-state index in [9.17, 15) is 4.79 Å². The van der Waals surface area contributed by atoms with Gasteiger partial charge >= 0.3 is 5.97 Å². The Bertz CT molecular complexity index is 434. The minimum Gasteiger partial charge on any atom is -0.465 e. The van der Waals surface area contributed by atoms with Gasteiger partial charge in [-0.25, -0.2) is 9.78 Å². The molecule has 0 aliphatic rings. The minimum absolute atomic E-state index is 0.184. The average Bonchev–Trinajstić information content (AvgIpc) is 2.27. The summed E-state index contributed by atoms with van der Waals surface area (Å²) < 4.78 is 4.52. The number of aromatic nitrogens is 1. The fourth-order valence-electron chi connectivity index (χ4n) is 0.900. The lowest BCUT2D eigenvalue weighted by atomic mass is 10.2. The third kappa shape index (κ3) is 2.94. The Morgan fingerprint density at radius 1 is 1.73 bits per heavy atom. The van der Waals surface area contributed by atoms with Gasteiger partial charge in [0.25, 0.3) is 0 Å². The predicted molar refractivity (Wildman–Crippen MR) is 54.6 cm³/mol. The van der Waals surface area contributed by atoms with E-state index >= 15 is 0 Å². The summed E-state index contributed by atoms with van der Waals surface area (Å²) in [7, 11) is 1.27. The molecule has 0 amide bonds. The van der Waals surface area contributed by atoms with Gasteiger partial charge in [-0.05, 0) is 6.07 Å². The summed E-state index contributed by atoms with van der Waals surface area (Å²) in [6.45, 7) is -0.279. The molecule has 0 aliphatic heterocycles. The van der Waals surface area contributed by atoms with Gasteiger partial charge in [0, 0.05) is 6.20 Å². The molecular weight excluding hydrogens is 218 g/mol. The van der Waals surface area contributed by atoms with Crippen LogP contribution in [0.5, 0.6) is 0 Å². The highest BCUT2D eigenvalue weighted by Gasteiger charge is 2.08. The maximum atomic E-state index is 11.1. The molecule has 1 aromatic rings. The first-order valence-electron chi connectivity index (χ1n) is 4.02. The number of esters is 1. The first-order valence-corrected chi connectivity index (χ1v) is 4.40. The van der Waals surface area contributed by atoms with E-state index in [4.69, 9.17) is 16.7 Å². The van der Waals surface area contributed by atoms with Crippen molar-refractivity contribution in [2.75, 3.05) is 13.7 Å². The van der Waals surface area contributed by atoms with E-state index in [2.05, 4.69) is 21.6 Å². The number of halogens is 1. The van der Waals surface area contributed by atoms with E-state index in [1.807, 2.05) is 0 Å². The fourth-order valence-corrected chi connectivity index (χ4v) is 1.05. The summed E-state index contributed by atoms with van der Waals surface area (Å²) in [4.78, 5) is 14.9. The van der Waals surface area contributed by atoms with Crippen molar-refractivity contribution >= 4 is 17.6 Å². The lowest BCUT2D eigenvalue weighted by Gasteiger charge is -2.00. The number of methoxy groups -OCH3 is 1. The van der Waals surface area contributed by atoms with E-state index in [0.29, 0.717) is 5.56 Å². The predicted octanol–water partition coefficient (Wildman–Crippen LogP) is 0.865. The summed E-state index contributed by atoms with van der Waals surface area (Å²) in [6.07, 6.45) is 1.30. The molecule has 4 nitrogen and oxygen atoms in total. The standard InChI is InChI=1S/C10H8ClNO3/c1-15-10(14)8-5-7(3-2-4-13)9(11)12-6-8/h5-6,13H,4H2,1H3. The lowest BCUT2D eigenvalue weighted by Crippen LogP contribution is -2.02. The first kappa shape index (κ1) is 11.5. The SMILES string of the molecule is COC(=O)c1cnc(Cl)c(C#CCO)c1. The molecule has 0 aromatic carbocycles. The van der Waals surface area contributed by atoms with E-state index in [1.54, 1.807) is 0 Å². The monoisotopic (exact) mass is 225 g/mol.